The van der Waals surface area contributed by atoms with Crippen molar-refractivity contribution in [3.05, 3.63) is 60.2 Å². The third-order valence-electron chi connectivity index (χ3n) is 3.15. The minimum absolute atomic E-state index is 0.114. The first-order valence-electron chi connectivity index (χ1n) is 6.45. The molecule has 100 valence electrons. The Bertz CT molecular complexity index is 612. The summed E-state index contributed by atoms with van der Waals surface area (Å²) in [6.07, 6.45) is 0.356. The van der Waals surface area contributed by atoms with Crippen LogP contribution < -0.4 is 0 Å². The topological polar surface area (TPSA) is 61.1 Å². The number of rotatable bonds is 5. The zero-order chi connectivity index (χ0) is 14.4. The monoisotopic (exact) mass is 265 g/mol. The summed E-state index contributed by atoms with van der Waals surface area (Å²) in [5, 5.41) is 17.7. The van der Waals surface area contributed by atoms with E-state index in [-0.39, 0.29) is 6.42 Å². The van der Waals surface area contributed by atoms with Gasteiger partial charge in [-0.15, -0.1) is 0 Å². The number of hydrogen-bond donors (Lipinski definition) is 1. The van der Waals surface area contributed by atoms with E-state index in [1.54, 1.807) is 0 Å². The lowest BCUT2D eigenvalue weighted by molar-refractivity contribution is -0.137. The highest BCUT2D eigenvalue weighted by atomic mass is 16.4. The van der Waals surface area contributed by atoms with Crippen LogP contribution in [0.4, 0.5) is 0 Å². The van der Waals surface area contributed by atoms with E-state index in [0.29, 0.717) is 6.42 Å². The normalized spacial score (nSPS) is 11.6. The van der Waals surface area contributed by atoms with Crippen LogP contribution in [-0.4, -0.2) is 11.1 Å². The Labute approximate surface area is 118 Å². The van der Waals surface area contributed by atoms with Crippen LogP contribution in [0, 0.1) is 17.2 Å². The smallest absolute Gasteiger partial charge is 0.304 e. The molecule has 0 aliphatic rings. The summed E-state index contributed by atoms with van der Waals surface area (Å²) in [4.78, 5) is 10.6. The molecule has 0 saturated carbocycles. The standard InChI is InChI=1S/C17H15NO2/c18-12-14(11-17(19)20)10-13-6-8-16(9-7-13)15-4-2-1-3-5-15/h1-9,14H,10-11H2,(H,19,20). The van der Waals surface area contributed by atoms with E-state index in [1.807, 2.05) is 60.7 Å². The highest BCUT2D eigenvalue weighted by Crippen LogP contribution is 2.20. The van der Waals surface area contributed by atoms with Crippen molar-refractivity contribution in [2.75, 3.05) is 0 Å². The Morgan fingerprint density at radius 3 is 2.20 bits per heavy atom. The zero-order valence-corrected chi connectivity index (χ0v) is 11.0. The summed E-state index contributed by atoms with van der Waals surface area (Å²) < 4.78 is 0. The summed E-state index contributed by atoms with van der Waals surface area (Å²) in [5.74, 6) is -1.41. The molecule has 0 spiro atoms. The molecule has 1 N–H and O–H groups in total. The van der Waals surface area contributed by atoms with Gasteiger partial charge in [0.1, 0.15) is 0 Å². The number of carboxylic acid groups (broad SMARTS) is 1. The highest BCUT2D eigenvalue weighted by Gasteiger charge is 2.13. The van der Waals surface area contributed by atoms with Crippen molar-refractivity contribution in [2.24, 2.45) is 5.92 Å². The third kappa shape index (κ3) is 3.69. The lowest BCUT2D eigenvalue weighted by Crippen LogP contribution is -2.08. The third-order valence-corrected chi connectivity index (χ3v) is 3.15. The minimum Gasteiger partial charge on any atom is -0.481 e. The molecule has 3 heteroatoms. The molecule has 2 aromatic carbocycles. The van der Waals surface area contributed by atoms with E-state index in [1.165, 1.54) is 0 Å². The van der Waals surface area contributed by atoms with Crippen molar-refractivity contribution in [1.82, 2.24) is 0 Å². The second-order valence-corrected chi connectivity index (χ2v) is 4.69. The summed E-state index contributed by atoms with van der Waals surface area (Å²) in [7, 11) is 0. The second-order valence-electron chi connectivity index (χ2n) is 4.69. The SMILES string of the molecule is N#CC(CC(=O)O)Cc1ccc(-c2ccccc2)cc1. The fraction of sp³-hybridized carbons (Fsp3) is 0.176. The van der Waals surface area contributed by atoms with Gasteiger partial charge in [-0.2, -0.15) is 5.26 Å². The Balaban J connectivity index is 2.09. The predicted molar refractivity (Wildman–Crippen MR) is 76.9 cm³/mol. The Morgan fingerprint density at radius 1 is 1.05 bits per heavy atom. The molecule has 20 heavy (non-hydrogen) atoms. The maximum Gasteiger partial charge on any atom is 0.304 e. The zero-order valence-electron chi connectivity index (χ0n) is 11.0. The average Bonchev–Trinajstić information content (AvgIpc) is 2.48. The molecule has 0 radical (unpaired) electrons. The first kappa shape index (κ1) is 13.8. The molecule has 0 saturated heterocycles. The average molecular weight is 265 g/mol. The number of aliphatic carboxylic acids is 1. The number of nitrogens with zero attached hydrogens (tertiary/aromatic N) is 1. The Morgan fingerprint density at radius 2 is 1.65 bits per heavy atom. The van der Waals surface area contributed by atoms with Crippen molar-refractivity contribution < 1.29 is 9.90 Å². The van der Waals surface area contributed by atoms with Crippen molar-refractivity contribution in [2.45, 2.75) is 12.8 Å². The molecule has 0 fully saturated rings. The molecule has 3 nitrogen and oxygen atoms in total. The molecular weight excluding hydrogens is 250 g/mol. The van der Waals surface area contributed by atoms with Gasteiger partial charge in [0, 0.05) is 0 Å². The van der Waals surface area contributed by atoms with Gasteiger partial charge in [0.25, 0.3) is 0 Å². The van der Waals surface area contributed by atoms with Crippen molar-refractivity contribution >= 4 is 5.97 Å². The van der Waals surface area contributed by atoms with Crippen LogP contribution in [0.25, 0.3) is 11.1 Å². The number of carbonyl (C=O) groups is 1. The molecule has 1 unspecified atom stereocenters. The van der Waals surface area contributed by atoms with Crippen LogP contribution in [-0.2, 0) is 11.2 Å². The highest BCUT2D eigenvalue weighted by molar-refractivity contribution is 5.67. The molecular formula is C17H15NO2. The number of hydrogen-bond acceptors (Lipinski definition) is 2. The fourth-order valence-corrected chi connectivity index (χ4v) is 2.12. The first-order valence-corrected chi connectivity index (χ1v) is 6.45. The van der Waals surface area contributed by atoms with Gasteiger partial charge in [-0.25, -0.2) is 0 Å². The van der Waals surface area contributed by atoms with Gasteiger partial charge < -0.3 is 5.11 Å². The van der Waals surface area contributed by atoms with Crippen LogP contribution in [0.3, 0.4) is 0 Å². The van der Waals surface area contributed by atoms with Gasteiger partial charge in [-0.3, -0.25) is 4.79 Å². The molecule has 0 bridgehead atoms. The van der Waals surface area contributed by atoms with Gasteiger partial charge in [0.2, 0.25) is 0 Å². The summed E-state index contributed by atoms with van der Waals surface area (Å²) in [6.45, 7) is 0. The molecule has 0 aliphatic carbocycles. The van der Waals surface area contributed by atoms with Gasteiger partial charge in [-0.05, 0) is 23.1 Å². The lowest BCUT2D eigenvalue weighted by atomic mass is 9.96. The van der Waals surface area contributed by atoms with Gasteiger partial charge in [0.05, 0.1) is 18.4 Å². The summed E-state index contributed by atoms with van der Waals surface area (Å²) in [5.41, 5.74) is 3.24. The van der Waals surface area contributed by atoms with Crippen LogP contribution in [0.5, 0.6) is 0 Å². The van der Waals surface area contributed by atoms with Crippen LogP contribution in [0.1, 0.15) is 12.0 Å². The molecule has 2 aromatic rings. The largest absolute Gasteiger partial charge is 0.481 e. The maximum absolute atomic E-state index is 10.6. The van der Waals surface area contributed by atoms with Crippen molar-refractivity contribution in [3.8, 4) is 17.2 Å². The molecule has 0 amide bonds. The van der Waals surface area contributed by atoms with E-state index >= 15 is 0 Å². The van der Waals surface area contributed by atoms with E-state index < -0.39 is 11.9 Å². The second kappa shape index (κ2) is 6.53. The number of carboxylic acids is 1. The minimum atomic E-state index is -0.933. The predicted octanol–water partition coefficient (Wildman–Crippen LogP) is 3.51. The van der Waals surface area contributed by atoms with Crippen molar-refractivity contribution in [3.63, 3.8) is 0 Å². The van der Waals surface area contributed by atoms with E-state index in [2.05, 4.69) is 0 Å². The van der Waals surface area contributed by atoms with Gasteiger partial charge in [-0.1, -0.05) is 54.6 Å². The Hall–Kier alpha value is -2.60. The molecule has 1 atom stereocenters. The van der Waals surface area contributed by atoms with Gasteiger partial charge in [0.15, 0.2) is 0 Å². The van der Waals surface area contributed by atoms with E-state index in [0.717, 1.165) is 16.7 Å². The summed E-state index contributed by atoms with van der Waals surface area (Å²) >= 11 is 0. The van der Waals surface area contributed by atoms with E-state index in [9.17, 15) is 4.79 Å². The van der Waals surface area contributed by atoms with Gasteiger partial charge >= 0.3 is 5.97 Å². The van der Waals surface area contributed by atoms with Crippen LogP contribution in [0.2, 0.25) is 0 Å². The first-order chi connectivity index (χ1) is 9.69. The Kier molecular flexibility index (Phi) is 4.52. The lowest BCUT2D eigenvalue weighted by Gasteiger charge is -2.07. The summed E-state index contributed by atoms with van der Waals surface area (Å²) in [6, 6.07) is 20.0. The number of benzene rings is 2. The van der Waals surface area contributed by atoms with Crippen LogP contribution >= 0.6 is 0 Å². The molecule has 0 aromatic heterocycles. The molecule has 0 heterocycles. The molecule has 0 aliphatic heterocycles. The quantitative estimate of drug-likeness (QED) is 0.899. The van der Waals surface area contributed by atoms with Crippen molar-refractivity contribution in [1.29, 1.82) is 5.26 Å². The number of nitriles is 1. The fourth-order valence-electron chi connectivity index (χ4n) is 2.12. The van der Waals surface area contributed by atoms with Crippen LogP contribution in [0.15, 0.2) is 54.6 Å². The molecule has 2 rings (SSSR count). The maximum atomic E-state index is 10.6. The van der Waals surface area contributed by atoms with E-state index in [4.69, 9.17) is 10.4 Å².